The maximum Gasteiger partial charge on any atom is 0.225 e. The smallest absolute Gasteiger partial charge is 0.225 e. The summed E-state index contributed by atoms with van der Waals surface area (Å²) in [5.41, 5.74) is 6.43. The van der Waals surface area contributed by atoms with E-state index < -0.39 is 0 Å². The van der Waals surface area contributed by atoms with Crippen molar-refractivity contribution in [1.29, 1.82) is 0 Å². The molecule has 0 unspecified atom stereocenters. The Bertz CT molecular complexity index is 870. The normalized spacial score (nSPS) is 20.9. The van der Waals surface area contributed by atoms with E-state index in [1.807, 2.05) is 0 Å². The van der Waals surface area contributed by atoms with Crippen LogP contribution in [0.25, 0.3) is 5.69 Å². The SMILES string of the molecule is Cc1ccc2c(c1C)-n1cccc1C1(CCN(C(=O)C3CCC3)CC1)N2. The minimum atomic E-state index is -0.0609. The van der Waals surface area contributed by atoms with Crippen LogP contribution in [-0.4, -0.2) is 28.5 Å². The molecule has 2 aromatic rings. The van der Waals surface area contributed by atoms with Crippen LogP contribution in [0.15, 0.2) is 30.5 Å². The monoisotopic (exact) mass is 349 g/mol. The number of fused-ring (bicyclic) bond motifs is 4. The Kier molecular flexibility index (Phi) is 3.46. The lowest BCUT2D eigenvalue weighted by Gasteiger charge is -2.47. The number of aromatic nitrogens is 1. The van der Waals surface area contributed by atoms with Gasteiger partial charge in [-0.15, -0.1) is 0 Å². The molecular weight excluding hydrogens is 322 g/mol. The van der Waals surface area contributed by atoms with Crippen LogP contribution in [0.4, 0.5) is 5.69 Å². The first-order chi connectivity index (χ1) is 12.6. The number of nitrogens with zero attached hydrogens (tertiary/aromatic N) is 2. The highest BCUT2D eigenvalue weighted by Gasteiger charge is 2.43. The number of carbonyl (C=O) groups excluding carboxylic acids is 1. The van der Waals surface area contributed by atoms with E-state index in [2.05, 4.69) is 59.1 Å². The fraction of sp³-hybridized carbons (Fsp3) is 0.500. The van der Waals surface area contributed by atoms with Gasteiger partial charge in [0.15, 0.2) is 0 Å². The maximum atomic E-state index is 12.6. The zero-order chi connectivity index (χ0) is 17.9. The summed E-state index contributed by atoms with van der Waals surface area (Å²) in [6.07, 6.45) is 7.54. The van der Waals surface area contributed by atoms with Crippen LogP contribution < -0.4 is 5.32 Å². The van der Waals surface area contributed by atoms with Gasteiger partial charge in [0.25, 0.3) is 0 Å². The molecule has 0 bridgehead atoms. The minimum Gasteiger partial charge on any atom is -0.372 e. The average Bonchev–Trinajstić information content (AvgIpc) is 3.08. The van der Waals surface area contributed by atoms with E-state index in [1.165, 1.54) is 34.6 Å². The van der Waals surface area contributed by atoms with Gasteiger partial charge in [0.05, 0.1) is 16.9 Å². The number of likely N-dealkylation sites (tertiary alicyclic amines) is 1. The summed E-state index contributed by atoms with van der Waals surface area (Å²) in [6.45, 7) is 6.09. The zero-order valence-electron chi connectivity index (χ0n) is 15.7. The van der Waals surface area contributed by atoms with Crippen molar-refractivity contribution in [3.63, 3.8) is 0 Å². The molecule has 1 N–H and O–H groups in total. The van der Waals surface area contributed by atoms with E-state index in [9.17, 15) is 4.79 Å². The predicted octanol–water partition coefficient (Wildman–Crippen LogP) is 4.14. The lowest BCUT2D eigenvalue weighted by atomic mass is 9.80. The van der Waals surface area contributed by atoms with Gasteiger partial charge in [0.2, 0.25) is 5.91 Å². The van der Waals surface area contributed by atoms with Gasteiger partial charge in [-0.05, 0) is 68.9 Å². The molecule has 4 nitrogen and oxygen atoms in total. The summed E-state index contributed by atoms with van der Waals surface area (Å²) in [7, 11) is 0. The number of aryl methyl sites for hydroxylation is 1. The van der Waals surface area contributed by atoms with Crippen LogP contribution in [-0.2, 0) is 10.3 Å². The first-order valence-electron chi connectivity index (χ1n) is 9.94. The second kappa shape index (κ2) is 5.63. The van der Waals surface area contributed by atoms with Gasteiger partial charge in [-0.1, -0.05) is 12.5 Å². The Morgan fingerprint density at radius 2 is 1.92 bits per heavy atom. The van der Waals surface area contributed by atoms with Crippen molar-refractivity contribution in [3.8, 4) is 5.69 Å². The molecule has 2 aliphatic heterocycles. The van der Waals surface area contributed by atoms with Gasteiger partial charge >= 0.3 is 0 Å². The Labute approximate surface area is 155 Å². The zero-order valence-corrected chi connectivity index (χ0v) is 15.7. The highest BCUT2D eigenvalue weighted by molar-refractivity contribution is 5.80. The Balaban J connectivity index is 1.46. The molecule has 1 aromatic carbocycles. The first kappa shape index (κ1) is 16.0. The molecule has 0 atom stereocenters. The number of hydrogen-bond acceptors (Lipinski definition) is 2. The molecule has 5 rings (SSSR count). The van der Waals surface area contributed by atoms with Crippen molar-refractivity contribution in [1.82, 2.24) is 9.47 Å². The number of nitrogens with one attached hydrogen (secondary N) is 1. The topological polar surface area (TPSA) is 37.3 Å². The van der Waals surface area contributed by atoms with Crippen LogP contribution in [0.3, 0.4) is 0 Å². The number of benzene rings is 1. The number of rotatable bonds is 1. The summed E-state index contributed by atoms with van der Waals surface area (Å²) in [6, 6.07) is 8.83. The first-order valence-corrected chi connectivity index (χ1v) is 9.94. The molecule has 26 heavy (non-hydrogen) atoms. The highest BCUT2D eigenvalue weighted by atomic mass is 16.2. The summed E-state index contributed by atoms with van der Waals surface area (Å²) in [4.78, 5) is 14.7. The summed E-state index contributed by atoms with van der Waals surface area (Å²) in [5, 5.41) is 3.88. The van der Waals surface area contributed by atoms with Crippen molar-refractivity contribution in [3.05, 3.63) is 47.3 Å². The molecule has 1 saturated carbocycles. The molecule has 3 aliphatic rings. The molecule has 0 radical (unpaired) electrons. The quantitative estimate of drug-likeness (QED) is 0.840. The van der Waals surface area contributed by atoms with Gasteiger partial charge in [0, 0.05) is 30.9 Å². The van der Waals surface area contributed by atoms with Crippen LogP contribution >= 0.6 is 0 Å². The van der Waals surface area contributed by atoms with Gasteiger partial charge in [-0.3, -0.25) is 4.79 Å². The van der Waals surface area contributed by atoms with Crippen molar-refractivity contribution in [2.24, 2.45) is 5.92 Å². The van der Waals surface area contributed by atoms with Gasteiger partial charge in [0.1, 0.15) is 0 Å². The maximum absolute atomic E-state index is 12.6. The van der Waals surface area contributed by atoms with Gasteiger partial charge < -0.3 is 14.8 Å². The lowest BCUT2D eigenvalue weighted by molar-refractivity contribution is -0.139. The summed E-state index contributed by atoms with van der Waals surface area (Å²) < 4.78 is 2.37. The van der Waals surface area contributed by atoms with Crippen LogP contribution in [0, 0.1) is 19.8 Å². The summed E-state index contributed by atoms with van der Waals surface area (Å²) >= 11 is 0. The molecule has 1 spiro atoms. The van der Waals surface area contributed by atoms with Crippen molar-refractivity contribution >= 4 is 11.6 Å². The number of anilines is 1. The Hall–Kier alpha value is -2.23. The summed E-state index contributed by atoms with van der Waals surface area (Å²) in [5.74, 6) is 0.697. The minimum absolute atomic E-state index is 0.0609. The molecule has 2 fully saturated rings. The fourth-order valence-corrected chi connectivity index (χ4v) is 4.90. The molecular formula is C22H27N3O. The van der Waals surface area contributed by atoms with Crippen LogP contribution in [0.2, 0.25) is 0 Å². The van der Waals surface area contributed by atoms with Crippen LogP contribution in [0.1, 0.15) is 48.9 Å². The van der Waals surface area contributed by atoms with E-state index in [0.717, 1.165) is 38.8 Å². The molecule has 1 aromatic heterocycles. The third-order valence-corrected chi connectivity index (χ3v) is 6.94. The Morgan fingerprint density at radius 1 is 1.15 bits per heavy atom. The largest absolute Gasteiger partial charge is 0.372 e. The van der Waals surface area contributed by atoms with Crippen molar-refractivity contribution < 1.29 is 4.79 Å². The second-order valence-electron chi connectivity index (χ2n) is 8.33. The average molecular weight is 349 g/mol. The van der Waals surface area contributed by atoms with Crippen molar-refractivity contribution in [2.75, 3.05) is 18.4 Å². The molecule has 136 valence electrons. The van der Waals surface area contributed by atoms with E-state index in [4.69, 9.17) is 0 Å². The molecule has 1 aliphatic carbocycles. The molecule has 4 heteroatoms. The van der Waals surface area contributed by atoms with E-state index >= 15 is 0 Å². The lowest BCUT2D eigenvalue weighted by Crippen LogP contribution is -2.52. The third kappa shape index (κ3) is 2.17. The van der Waals surface area contributed by atoms with E-state index in [0.29, 0.717) is 11.8 Å². The van der Waals surface area contributed by atoms with Crippen LogP contribution in [0.5, 0.6) is 0 Å². The highest BCUT2D eigenvalue weighted by Crippen LogP contribution is 2.45. The molecule has 3 heterocycles. The van der Waals surface area contributed by atoms with Gasteiger partial charge in [-0.2, -0.15) is 0 Å². The number of carbonyl (C=O) groups is 1. The third-order valence-electron chi connectivity index (χ3n) is 6.94. The fourth-order valence-electron chi connectivity index (χ4n) is 4.90. The van der Waals surface area contributed by atoms with E-state index in [-0.39, 0.29) is 5.54 Å². The van der Waals surface area contributed by atoms with Crippen molar-refractivity contribution in [2.45, 2.75) is 51.5 Å². The standard InChI is InChI=1S/C22H27N3O/c1-15-8-9-18-20(16(15)2)25-12-4-7-19(25)22(23-18)10-13-24(14-11-22)21(26)17-5-3-6-17/h4,7-9,12,17,23H,3,5-6,10-11,13-14H2,1-2H3. The second-order valence-corrected chi connectivity index (χ2v) is 8.33. The predicted molar refractivity (Wildman–Crippen MR) is 104 cm³/mol. The van der Waals surface area contributed by atoms with Gasteiger partial charge in [-0.25, -0.2) is 0 Å². The van der Waals surface area contributed by atoms with E-state index in [1.54, 1.807) is 0 Å². The number of hydrogen-bond donors (Lipinski definition) is 1. The Morgan fingerprint density at radius 3 is 2.62 bits per heavy atom. The molecule has 1 saturated heterocycles. The number of amides is 1. The molecule has 1 amide bonds. The number of piperidine rings is 1.